The minimum absolute atomic E-state index is 0.0907. The van der Waals surface area contributed by atoms with Gasteiger partial charge in [0.1, 0.15) is 0 Å². The maximum atomic E-state index is 12.1. The number of aryl methyl sites for hydroxylation is 2. The number of unbranched alkanes of at least 4 members (excludes halogenated alkanes) is 9. The number of aromatic hydroxyl groups is 2. The molecule has 0 aliphatic carbocycles. The first-order valence-electron chi connectivity index (χ1n) is 13.9. The predicted octanol–water partition coefficient (Wildman–Crippen LogP) is 7.75. The standard InChI is InChI=1S/C32H46O4/c1-23(2)27-19-17-25(31(35)29(33)21-27)15-13-11-9-7-5-6-8-10-12-14-16-26-18-20-28(24(3)4)22-30(34)32(26)36/h17-24H,5-16H2,1-4H3,(H,33,35)(H,34,36). The van der Waals surface area contributed by atoms with E-state index >= 15 is 0 Å². The fraction of sp³-hybridized carbons (Fsp3) is 0.562. The van der Waals surface area contributed by atoms with Crippen molar-refractivity contribution in [1.82, 2.24) is 0 Å². The van der Waals surface area contributed by atoms with Crippen molar-refractivity contribution in [3.05, 3.63) is 79.1 Å². The molecule has 2 N–H and O–H groups in total. The third kappa shape index (κ3) is 9.79. The summed E-state index contributed by atoms with van der Waals surface area (Å²) < 4.78 is 0. The van der Waals surface area contributed by atoms with Crippen LogP contribution >= 0.6 is 0 Å². The molecule has 4 nitrogen and oxygen atoms in total. The van der Waals surface area contributed by atoms with Crippen LogP contribution in [0.4, 0.5) is 0 Å². The summed E-state index contributed by atoms with van der Waals surface area (Å²) in [7, 11) is 0. The Morgan fingerprint density at radius 1 is 0.528 bits per heavy atom. The van der Waals surface area contributed by atoms with Gasteiger partial charge in [0.05, 0.1) is 0 Å². The highest BCUT2D eigenvalue weighted by Crippen LogP contribution is 2.20. The Kier molecular flexibility index (Phi) is 12.7. The number of hydrogen-bond donors (Lipinski definition) is 2. The molecule has 198 valence electrons. The van der Waals surface area contributed by atoms with Gasteiger partial charge in [-0.15, -0.1) is 0 Å². The first-order chi connectivity index (χ1) is 17.2. The maximum Gasteiger partial charge on any atom is 0.220 e. The molecule has 4 heteroatoms. The molecule has 0 amide bonds. The van der Waals surface area contributed by atoms with E-state index in [-0.39, 0.29) is 34.2 Å². The van der Waals surface area contributed by atoms with Crippen LogP contribution < -0.4 is 10.9 Å². The predicted molar refractivity (Wildman–Crippen MR) is 151 cm³/mol. The van der Waals surface area contributed by atoms with Crippen LogP contribution in [0.1, 0.15) is 126 Å². The molecule has 0 aromatic heterocycles. The van der Waals surface area contributed by atoms with Gasteiger partial charge < -0.3 is 10.2 Å². The molecule has 0 bridgehead atoms. The molecule has 2 rings (SSSR count). The van der Waals surface area contributed by atoms with Crippen LogP contribution in [0.2, 0.25) is 0 Å². The van der Waals surface area contributed by atoms with Crippen molar-refractivity contribution in [2.45, 2.75) is 117 Å². The zero-order chi connectivity index (χ0) is 26.5. The molecule has 36 heavy (non-hydrogen) atoms. The van der Waals surface area contributed by atoms with Crippen molar-refractivity contribution in [1.29, 1.82) is 0 Å². The summed E-state index contributed by atoms with van der Waals surface area (Å²) in [4.78, 5) is 24.3. The Bertz CT molecular complexity index is 986. The molecule has 0 saturated heterocycles. The minimum atomic E-state index is -0.274. The van der Waals surface area contributed by atoms with Crippen LogP contribution in [0.15, 0.2) is 46.0 Å². The summed E-state index contributed by atoms with van der Waals surface area (Å²) in [6.07, 6.45) is 13.0. The summed E-state index contributed by atoms with van der Waals surface area (Å²) in [5, 5.41) is 20.4. The second-order valence-corrected chi connectivity index (χ2v) is 10.8. The first-order valence-corrected chi connectivity index (χ1v) is 13.9. The summed E-state index contributed by atoms with van der Waals surface area (Å²) in [6.45, 7) is 8.20. The highest BCUT2D eigenvalue weighted by molar-refractivity contribution is 5.35. The average Bonchev–Trinajstić information content (AvgIpc) is 3.07. The third-order valence-electron chi connectivity index (χ3n) is 7.10. The van der Waals surface area contributed by atoms with Crippen molar-refractivity contribution in [2.24, 2.45) is 0 Å². The lowest BCUT2D eigenvalue weighted by atomic mass is 10.0. The van der Waals surface area contributed by atoms with Crippen molar-refractivity contribution < 1.29 is 10.2 Å². The number of hydrogen-bond acceptors (Lipinski definition) is 4. The van der Waals surface area contributed by atoms with Crippen molar-refractivity contribution in [3.8, 4) is 11.5 Å². The Balaban J connectivity index is 1.57. The largest absolute Gasteiger partial charge is 0.504 e. The molecule has 0 spiro atoms. The number of rotatable bonds is 15. The smallest absolute Gasteiger partial charge is 0.220 e. The molecule has 0 aliphatic heterocycles. The molecular formula is C32H46O4. The highest BCUT2D eigenvalue weighted by atomic mass is 16.3. The van der Waals surface area contributed by atoms with Gasteiger partial charge in [-0.25, -0.2) is 0 Å². The topological polar surface area (TPSA) is 74.6 Å². The lowest BCUT2D eigenvalue weighted by molar-refractivity contribution is 0.460. The lowest BCUT2D eigenvalue weighted by Gasteiger charge is -2.04. The maximum absolute atomic E-state index is 12.1. The summed E-state index contributed by atoms with van der Waals surface area (Å²) in [6, 6.07) is 10.9. The molecule has 2 aromatic carbocycles. The van der Waals surface area contributed by atoms with E-state index in [1.54, 1.807) is 12.1 Å². The Morgan fingerprint density at radius 2 is 0.833 bits per heavy atom. The van der Waals surface area contributed by atoms with Crippen molar-refractivity contribution >= 4 is 0 Å². The molecule has 0 saturated carbocycles. The molecule has 2 aromatic rings. The van der Waals surface area contributed by atoms with Gasteiger partial charge in [-0.3, -0.25) is 9.59 Å². The molecular weight excluding hydrogens is 448 g/mol. The molecule has 0 fully saturated rings. The second kappa shape index (κ2) is 15.5. The van der Waals surface area contributed by atoms with Crippen molar-refractivity contribution in [2.75, 3.05) is 0 Å². The summed E-state index contributed by atoms with van der Waals surface area (Å²) in [5.74, 6) is 0.352. The van der Waals surface area contributed by atoms with E-state index in [0.29, 0.717) is 0 Å². The molecule has 0 heterocycles. The van der Waals surface area contributed by atoms with Crippen LogP contribution in [0.25, 0.3) is 0 Å². The van der Waals surface area contributed by atoms with Crippen LogP contribution in [0, 0.1) is 0 Å². The quantitative estimate of drug-likeness (QED) is 0.248. The highest BCUT2D eigenvalue weighted by Gasteiger charge is 2.08. The van der Waals surface area contributed by atoms with Crippen LogP contribution in [-0.2, 0) is 12.8 Å². The van der Waals surface area contributed by atoms with Gasteiger partial charge in [0.25, 0.3) is 0 Å². The molecule has 0 atom stereocenters. The zero-order valence-corrected chi connectivity index (χ0v) is 22.8. The Labute approximate surface area is 217 Å². The van der Waals surface area contributed by atoms with E-state index in [2.05, 4.69) is 0 Å². The van der Waals surface area contributed by atoms with Gasteiger partial charge in [-0.1, -0.05) is 103 Å². The lowest BCUT2D eigenvalue weighted by Crippen LogP contribution is -1.99. The second-order valence-electron chi connectivity index (χ2n) is 10.8. The zero-order valence-electron chi connectivity index (χ0n) is 22.8. The summed E-state index contributed by atoms with van der Waals surface area (Å²) >= 11 is 0. The van der Waals surface area contributed by atoms with Gasteiger partial charge in [0.2, 0.25) is 10.9 Å². The van der Waals surface area contributed by atoms with E-state index in [0.717, 1.165) is 60.8 Å². The summed E-state index contributed by atoms with van der Waals surface area (Å²) in [5.41, 5.74) is 2.90. The van der Waals surface area contributed by atoms with E-state index in [4.69, 9.17) is 0 Å². The van der Waals surface area contributed by atoms with Crippen LogP contribution in [0.5, 0.6) is 11.5 Å². The van der Waals surface area contributed by atoms with Gasteiger partial charge in [0.15, 0.2) is 11.5 Å². The normalized spacial score (nSPS) is 11.4. The van der Waals surface area contributed by atoms with Gasteiger partial charge in [0, 0.05) is 0 Å². The van der Waals surface area contributed by atoms with Gasteiger partial charge in [-0.05, 0) is 71.9 Å². The average molecular weight is 495 g/mol. The van der Waals surface area contributed by atoms with Gasteiger partial charge in [-0.2, -0.15) is 0 Å². The van der Waals surface area contributed by atoms with Crippen molar-refractivity contribution in [3.63, 3.8) is 0 Å². The van der Waals surface area contributed by atoms with E-state index in [9.17, 15) is 19.8 Å². The van der Waals surface area contributed by atoms with E-state index in [1.807, 2.05) is 52.0 Å². The monoisotopic (exact) mass is 494 g/mol. The third-order valence-corrected chi connectivity index (χ3v) is 7.10. The van der Waals surface area contributed by atoms with Crippen LogP contribution in [0.3, 0.4) is 0 Å². The SMILES string of the molecule is CC(C)c1ccc(CCCCCCCCCCCCc2ccc(C(C)C)cc(=O)c2O)c(O)c(=O)c1. The van der Waals surface area contributed by atoms with E-state index in [1.165, 1.54) is 38.5 Å². The van der Waals surface area contributed by atoms with E-state index < -0.39 is 0 Å². The molecule has 0 aliphatic rings. The minimum Gasteiger partial charge on any atom is -0.504 e. The fourth-order valence-corrected chi connectivity index (χ4v) is 4.57. The fourth-order valence-electron chi connectivity index (χ4n) is 4.57. The van der Waals surface area contributed by atoms with Crippen LogP contribution in [-0.4, -0.2) is 10.2 Å². The Morgan fingerprint density at radius 3 is 1.14 bits per heavy atom. The molecule has 0 unspecified atom stereocenters. The Hall–Kier alpha value is -2.62. The first kappa shape index (κ1) is 29.6. The molecule has 0 radical (unpaired) electrons. The van der Waals surface area contributed by atoms with Gasteiger partial charge >= 0.3 is 0 Å².